The molecule has 0 radical (unpaired) electrons. The third-order valence-corrected chi connectivity index (χ3v) is 3.41. The molecule has 2 rings (SSSR count). The molecule has 19 heavy (non-hydrogen) atoms. The normalized spacial score (nSPS) is 21.9. The van der Waals surface area contributed by atoms with Crippen LogP contribution in [0.4, 0.5) is 0 Å². The molecule has 0 unspecified atom stereocenters. The van der Waals surface area contributed by atoms with Crippen LogP contribution in [0, 0.1) is 18.3 Å². The van der Waals surface area contributed by atoms with Crippen LogP contribution in [0.25, 0.3) is 0 Å². The van der Waals surface area contributed by atoms with Crippen LogP contribution >= 0.6 is 0 Å². The lowest BCUT2D eigenvalue weighted by Gasteiger charge is -2.13. The highest BCUT2D eigenvalue weighted by Gasteiger charge is 2.24. The second kappa shape index (κ2) is 5.24. The number of amides is 1. The molecule has 100 valence electrons. The van der Waals surface area contributed by atoms with E-state index in [-0.39, 0.29) is 23.6 Å². The first-order valence-electron chi connectivity index (χ1n) is 6.21. The van der Waals surface area contributed by atoms with Gasteiger partial charge in [0.25, 0.3) is 11.5 Å². The monoisotopic (exact) mass is 260 g/mol. The highest BCUT2D eigenvalue weighted by molar-refractivity contribution is 5.95. The van der Waals surface area contributed by atoms with Crippen molar-refractivity contribution in [2.24, 2.45) is 5.73 Å². The molecule has 1 fully saturated rings. The Balaban J connectivity index is 2.20. The first kappa shape index (κ1) is 13.3. The number of H-pyrrole nitrogens is 1. The number of nitrogens with two attached hydrogens (primary N) is 1. The number of carbonyl (C=O) groups excluding carboxylic acids is 1. The molecule has 1 saturated carbocycles. The summed E-state index contributed by atoms with van der Waals surface area (Å²) in [5.74, 6) is -0.274. The van der Waals surface area contributed by atoms with Crippen LogP contribution in [0.15, 0.2) is 10.9 Å². The minimum absolute atomic E-state index is 0.0566. The Hall–Kier alpha value is -2.13. The first-order valence-corrected chi connectivity index (χ1v) is 6.21. The van der Waals surface area contributed by atoms with Gasteiger partial charge in [-0.15, -0.1) is 0 Å². The van der Waals surface area contributed by atoms with Gasteiger partial charge < -0.3 is 16.0 Å². The molecule has 1 amide bonds. The Morgan fingerprint density at radius 2 is 2.32 bits per heavy atom. The van der Waals surface area contributed by atoms with E-state index in [1.165, 1.54) is 6.07 Å². The van der Waals surface area contributed by atoms with E-state index in [2.05, 4.69) is 10.3 Å². The number of hydrogen-bond acceptors (Lipinski definition) is 4. The van der Waals surface area contributed by atoms with Gasteiger partial charge in [-0.25, -0.2) is 0 Å². The molecule has 0 bridgehead atoms. The predicted octanol–water partition coefficient (Wildman–Crippen LogP) is 0.165. The number of aromatic nitrogens is 1. The van der Waals surface area contributed by atoms with Gasteiger partial charge in [-0.1, -0.05) is 0 Å². The summed E-state index contributed by atoms with van der Waals surface area (Å²) in [7, 11) is 0. The van der Waals surface area contributed by atoms with Crippen molar-refractivity contribution in [3.63, 3.8) is 0 Å². The van der Waals surface area contributed by atoms with E-state index in [1.807, 2.05) is 0 Å². The Morgan fingerprint density at radius 1 is 1.58 bits per heavy atom. The molecular weight excluding hydrogens is 244 g/mol. The minimum atomic E-state index is -0.473. The summed E-state index contributed by atoms with van der Waals surface area (Å²) in [6.45, 7) is 1.64. The van der Waals surface area contributed by atoms with Gasteiger partial charge >= 0.3 is 0 Å². The van der Waals surface area contributed by atoms with Gasteiger partial charge in [0, 0.05) is 17.8 Å². The van der Waals surface area contributed by atoms with Gasteiger partial charge in [-0.2, -0.15) is 5.26 Å². The number of carbonyl (C=O) groups is 1. The molecule has 0 aromatic carbocycles. The summed E-state index contributed by atoms with van der Waals surface area (Å²) in [6, 6.07) is 3.31. The number of nitriles is 1. The summed E-state index contributed by atoms with van der Waals surface area (Å²) in [6.07, 6.45) is 2.53. The molecule has 6 heteroatoms. The lowest BCUT2D eigenvalue weighted by Crippen LogP contribution is -2.35. The van der Waals surface area contributed by atoms with Gasteiger partial charge in [0.2, 0.25) is 0 Å². The Labute approximate surface area is 110 Å². The van der Waals surface area contributed by atoms with Crippen molar-refractivity contribution in [2.45, 2.75) is 38.3 Å². The molecular formula is C13H16N4O2. The largest absolute Gasteiger partial charge is 0.349 e. The number of pyridine rings is 1. The second-order valence-corrected chi connectivity index (χ2v) is 4.91. The molecule has 1 aliphatic carbocycles. The lowest BCUT2D eigenvalue weighted by molar-refractivity contribution is 0.0936. The predicted molar refractivity (Wildman–Crippen MR) is 69.6 cm³/mol. The van der Waals surface area contributed by atoms with E-state index in [0.29, 0.717) is 11.3 Å². The van der Waals surface area contributed by atoms with E-state index < -0.39 is 5.56 Å². The molecule has 1 heterocycles. The van der Waals surface area contributed by atoms with E-state index in [9.17, 15) is 9.59 Å². The molecule has 0 saturated heterocycles. The summed E-state index contributed by atoms with van der Waals surface area (Å²) in [5, 5.41) is 11.7. The number of aromatic amines is 1. The minimum Gasteiger partial charge on any atom is -0.349 e. The fourth-order valence-corrected chi connectivity index (χ4v) is 2.35. The van der Waals surface area contributed by atoms with Crippen LogP contribution < -0.4 is 16.6 Å². The maximum atomic E-state index is 12.1. The number of aryl methyl sites for hydroxylation is 1. The zero-order chi connectivity index (χ0) is 14.0. The van der Waals surface area contributed by atoms with Crippen molar-refractivity contribution in [1.82, 2.24) is 10.3 Å². The molecule has 1 aliphatic rings. The average molecular weight is 260 g/mol. The maximum Gasteiger partial charge on any atom is 0.266 e. The molecule has 1 aromatic heterocycles. The topological polar surface area (TPSA) is 112 Å². The molecule has 1 aromatic rings. The summed E-state index contributed by atoms with van der Waals surface area (Å²) >= 11 is 0. The molecule has 2 atom stereocenters. The second-order valence-electron chi connectivity index (χ2n) is 4.91. The quantitative estimate of drug-likeness (QED) is 0.703. The molecule has 4 N–H and O–H groups in total. The Kier molecular flexibility index (Phi) is 3.67. The van der Waals surface area contributed by atoms with Crippen molar-refractivity contribution in [3.8, 4) is 6.07 Å². The highest BCUT2D eigenvalue weighted by Crippen LogP contribution is 2.17. The molecule has 0 aliphatic heterocycles. The van der Waals surface area contributed by atoms with Gasteiger partial charge in [0.15, 0.2) is 0 Å². The van der Waals surface area contributed by atoms with Crippen LogP contribution in [0.1, 0.15) is 40.9 Å². The standard InChI is InChI=1S/C13H16N4O2/c1-7-11(4-8(6-14)12(18)16-7)13(19)17-10-3-2-9(15)5-10/h4,9-10H,2-3,5,15H2,1H3,(H,16,18)(H,17,19)/t9-,10-/m1/s1. The van der Waals surface area contributed by atoms with Crippen molar-refractivity contribution < 1.29 is 4.79 Å². The van der Waals surface area contributed by atoms with E-state index in [4.69, 9.17) is 11.0 Å². The molecule has 0 spiro atoms. The van der Waals surface area contributed by atoms with Crippen molar-refractivity contribution in [1.29, 1.82) is 5.26 Å². The van der Waals surface area contributed by atoms with Crippen LogP contribution in [0.5, 0.6) is 0 Å². The van der Waals surface area contributed by atoms with Crippen molar-refractivity contribution in [3.05, 3.63) is 33.2 Å². The first-order chi connectivity index (χ1) is 9.01. The van der Waals surface area contributed by atoms with E-state index >= 15 is 0 Å². The lowest BCUT2D eigenvalue weighted by atomic mass is 10.1. The van der Waals surface area contributed by atoms with Crippen LogP contribution in [-0.4, -0.2) is 23.0 Å². The number of nitrogens with one attached hydrogen (secondary N) is 2. The van der Waals surface area contributed by atoms with E-state index in [1.54, 1.807) is 13.0 Å². The van der Waals surface area contributed by atoms with Gasteiger partial charge in [0.05, 0.1) is 5.56 Å². The zero-order valence-corrected chi connectivity index (χ0v) is 10.7. The van der Waals surface area contributed by atoms with Crippen LogP contribution in [-0.2, 0) is 0 Å². The fourth-order valence-electron chi connectivity index (χ4n) is 2.35. The summed E-state index contributed by atoms with van der Waals surface area (Å²) < 4.78 is 0. The van der Waals surface area contributed by atoms with E-state index in [0.717, 1.165) is 19.3 Å². The Bertz CT molecular complexity index is 600. The average Bonchev–Trinajstić information content (AvgIpc) is 2.74. The van der Waals surface area contributed by atoms with Crippen LogP contribution in [0.3, 0.4) is 0 Å². The van der Waals surface area contributed by atoms with Gasteiger partial charge in [0.1, 0.15) is 11.6 Å². The summed E-state index contributed by atoms with van der Waals surface area (Å²) in [4.78, 5) is 26.0. The Morgan fingerprint density at radius 3 is 2.89 bits per heavy atom. The van der Waals surface area contributed by atoms with Gasteiger partial charge in [-0.3, -0.25) is 9.59 Å². The number of hydrogen-bond donors (Lipinski definition) is 3. The van der Waals surface area contributed by atoms with Gasteiger partial charge in [-0.05, 0) is 32.3 Å². The zero-order valence-electron chi connectivity index (χ0n) is 10.7. The fraction of sp³-hybridized carbons (Fsp3) is 0.462. The SMILES string of the molecule is Cc1[nH]c(=O)c(C#N)cc1C(=O)N[C@@H]1CC[C@@H](N)C1. The summed E-state index contributed by atoms with van der Waals surface area (Å²) in [5.41, 5.74) is 6.06. The van der Waals surface area contributed by atoms with Crippen LogP contribution in [0.2, 0.25) is 0 Å². The smallest absolute Gasteiger partial charge is 0.266 e. The maximum absolute atomic E-state index is 12.1. The van der Waals surface area contributed by atoms with Crippen molar-refractivity contribution >= 4 is 5.91 Å². The third kappa shape index (κ3) is 2.83. The molecule has 6 nitrogen and oxygen atoms in total. The highest BCUT2D eigenvalue weighted by atomic mass is 16.2. The number of nitrogens with zero attached hydrogens (tertiary/aromatic N) is 1. The third-order valence-electron chi connectivity index (χ3n) is 3.41. The van der Waals surface area contributed by atoms with Crippen molar-refractivity contribution in [2.75, 3.05) is 0 Å². The number of rotatable bonds is 2.